The van der Waals surface area contributed by atoms with Crippen LogP contribution in [-0.4, -0.2) is 13.1 Å². The quantitative estimate of drug-likeness (QED) is 0.884. The first-order chi connectivity index (χ1) is 9.20. The minimum Gasteiger partial charge on any atom is -0.308 e. The van der Waals surface area contributed by atoms with E-state index in [2.05, 4.69) is 18.3 Å². The number of rotatable bonds is 3. The lowest BCUT2D eigenvalue weighted by Gasteiger charge is -2.18. The standard InChI is InChI=1S/C16H18N2O/c1-3-13-8-7-11-15(12-13)18(2)16(19)17-14-9-5-4-6-10-14/h4-12H,3H2,1-2H3,(H,17,19). The van der Waals surface area contributed by atoms with E-state index in [1.165, 1.54) is 5.56 Å². The molecule has 0 radical (unpaired) electrons. The van der Waals surface area contributed by atoms with E-state index >= 15 is 0 Å². The SMILES string of the molecule is CCc1cccc(N(C)C(=O)Nc2ccccc2)c1. The first-order valence-corrected chi connectivity index (χ1v) is 6.39. The third-order valence-corrected chi connectivity index (χ3v) is 3.04. The molecule has 0 spiro atoms. The fourth-order valence-corrected chi connectivity index (χ4v) is 1.83. The van der Waals surface area contributed by atoms with Crippen LogP contribution in [0.2, 0.25) is 0 Å². The maximum absolute atomic E-state index is 12.1. The summed E-state index contributed by atoms with van der Waals surface area (Å²) in [5.41, 5.74) is 2.91. The van der Waals surface area contributed by atoms with Gasteiger partial charge in [-0.05, 0) is 36.2 Å². The normalized spacial score (nSPS) is 10.0. The van der Waals surface area contributed by atoms with E-state index in [9.17, 15) is 4.79 Å². The van der Waals surface area contributed by atoms with Crippen molar-refractivity contribution < 1.29 is 4.79 Å². The Hall–Kier alpha value is -2.29. The maximum Gasteiger partial charge on any atom is 0.326 e. The number of para-hydroxylation sites is 1. The van der Waals surface area contributed by atoms with Crippen molar-refractivity contribution in [2.75, 3.05) is 17.3 Å². The van der Waals surface area contributed by atoms with Gasteiger partial charge >= 0.3 is 6.03 Å². The van der Waals surface area contributed by atoms with Gasteiger partial charge in [0.1, 0.15) is 0 Å². The molecule has 0 aliphatic carbocycles. The zero-order valence-electron chi connectivity index (χ0n) is 11.3. The highest BCUT2D eigenvalue weighted by Gasteiger charge is 2.10. The summed E-state index contributed by atoms with van der Waals surface area (Å²) >= 11 is 0. The molecular weight excluding hydrogens is 236 g/mol. The topological polar surface area (TPSA) is 32.3 Å². The summed E-state index contributed by atoms with van der Waals surface area (Å²) in [5.74, 6) is 0. The van der Waals surface area contributed by atoms with Gasteiger partial charge in [-0.3, -0.25) is 4.90 Å². The predicted molar refractivity (Wildman–Crippen MR) is 79.7 cm³/mol. The molecule has 0 unspecified atom stereocenters. The van der Waals surface area contributed by atoms with Crippen LogP contribution in [0, 0.1) is 0 Å². The number of carbonyl (C=O) groups is 1. The van der Waals surface area contributed by atoms with E-state index in [1.807, 2.05) is 48.5 Å². The third-order valence-electron chi connectivity index (χ3n) is 3.04. The molecule has 0 saturated carbocycles. The molecule has 0 heterocycles. The maximum atomic E-state index is 12.1. The first-order valence-electron chi connectivity index (χ1n) is 6.39. The molecule has 0 aliphatic rings. The molecule has 1 N–H and O–H groups in total. The number of anilines is 2. The molecule has 2 rings (SSSR count). The van der Waals surface area contributed by atoms with Crippen LogP contribution in [0.15, 0.2) is 54.6 Å². The molecular formula is C16H18N2O. The number of carbonyl (C=O) groups excluding carboxylic acids is 1. The summed E-state index contributed by atoms with van der Waals surface area (Å²) < 4.78 is 0. The molecule has 0 aliphatic heterocycles. The zero-order valence-corrected chi connectivity index (χ0v) is 11.3. The Balaban J connectivity index is 2.10. The Morgan fingerprint density at radius 2 is 1.84 bits per heavy atom. The fraction of sp³-hybridized carbons (Fsp3) is 0.188. The monoisotopic (exact) mass is 254 g/mol. The Morgan fingerprint density at radius 1 is 1.11 bits per heavy atom. The Morgan fingerprint density at radius 3 is 2.53 bits per heavy atom. The molecule has 3 nitrogen and oxygen atoms in total. The summed E-state index contributed by atoms with van der Waals surface area (Å²) in [4.78, 5) is 13.7. The third kappa shape index (κ3) is 3.35. The van der Waals surface area contributed by atoms with Crippen LogP contribution in [0.1, 0.15) is 12.5 Å². The lowest BCUT2D eigenvalue weighted by Crippen LogP contribution is -2.31. The number of hydrogen-bond donors (Lipinski definition) is 1. The van der Waals surface area contributed by atoms with Gasteiger partial charge < -0.3 is 5.32 Å². The number of aryl methyl sites for hydroxylation is 1. The van der Waals surface area contributed by atoms with Gasteiger partial charge in [0.05, 0.1) is 0 Å². The number of nitrogens with one attached hydrogen (secondary N) is 1. The lowest BCUT2D eigenvalue weighted by atomic mass is 10.1. The van der Waals surface area contributed by atoms with Crippen LogP contribution in [-0.2, 0) is 6.42 Å². The number of benzene rings is 2. The molecule has 3 heteroatoms. The highest BCUT2D eigenvalue weighted by molar-refractivity contribution is 6.01. The number of nitrogens with zero attached hydrogens (tertiary/aromatic N) is 1. The van der Waals surface area contributed by atoms with E-state index in [0.29, 0.717) is 0 Å². The van der Waals surface area contributed by atoms with E-state index in [-0.39, 0.29) is 6.03 Å². The largest absolute Gasteiger partial charge is 0.326 e. The predicted octanol–water partition coefficient (Wildman–Crippen LogP) is 3.92. The molecule has 0 bridgehead atoms. The second-order valence-corrected chi connectivity index (χ2v) is 4.38. The number of hydrogen-bond acceptors (Lipinski definition) is 1. The minimum absolute atomic E-state index is 0.139. The summed E-state index contributed by atoms with van der Waals surface area (Å²) in [6, 6.07) is 17.3. The van der Waals surface area contributed by atoms with Crippen LogP contribution >= 0.6 is 0 Å². The van der Waals surface area contributed by atoms with Gasteiger partial charge in [0, 0.05) is 18.4 Å². The smallest absolute Gasteiger partial charge is 0.308 e. The summed E-state index contributed by atoms with van der Waals surface area (Å²) in [5, 5.41) is 2.86. The average molecular weight is 254 g/mol. The molecule has 0 saturated heterocycles. The van der Waals surface area contributed by atoms with E-state index in [4.69, 9.17) is 0 Å². The van der Waals surface area contributed by atoms with Gasteiger partial charge in [-0.25, -0.2) is 4.79 Å². The fourth-order valence-electron chi connectivity index (χ4n) is 1.83. The molecule has 0 aromatic heterocycles. The molecule has 19 heavy (non-hydrogen) atoms. The molecule has 98 valence electrons. The van der Waals surface area contributed by atoms with Gasteiger partial charge in [0.15, 0.2) is 0 Å². The van der Waals surface area contributed by atoms with E-state index in [1.54, 1.807) is 11.9 Å². The van der Waals surface area contributed by atoms with Crippen LogP contribution in [0.5, 0.6) is 0 Å². The number of amides is 2. The van der Waals surface area contributed by atoms with Crippen molar-refractivity contribution in [1.29, 1.82) is 0 Å². The highest BCUT2D eigenvalue weighted by Crippen LogP contribution is 2.16. The van der Waals surface area contributed by atoms with Gasteiger partial charge in [-0.15, -0.1) is 0 Å². The van der Waals surface area contributed by atoms with Gasteiger partial charge in [0.25, 0.3) is 0 Å². The number of urea groups is 1. The van der Waals surface area contributed by atoms with E-state index < -0.39 is 0 Å². The van der Waals surface area contributed by atoms with Gasteiger partial charge in [0.2, 0.25) is 0 Å². The summed E-state index contributed by atoms with van der Waals surface area (Å²) in [6.07, 6.45) is 0.960. The van der Waals surface area contributed by atoms with Gasteiger partial charge in [-0.1, -0.05) is 37.3 Å². The van der Waals surface area contributed by atoms with Crippen molar-refractivity contribution in [3.05, 3.63) is 60.2 Å². The second kappa shape index (κ2) is 6.05. The average Bonchev–Trinajstić information content (AvgIpc) is 2.47. The van der Waals surface area contributed by atoms with E-state index in [0.717, 1.165) is 17.8 Å². The Bertz CT molecular complexity index is 552. The Labute approximate surface area is 113 Å². The van der Waals surface area contributed by atoms with Crippen molar-refractivity contribution >= 4 is 17.4 Å². The van der Waals surface area contributed by atoms with Crippen LogP contribution in [0.4, 0.5) is 16.2 Å². The lowest BCUT2D eigenvalue weighted by molar-refractivity contribution is 0.258. The van der Waals surface area contributed by atoms with Crippen molar-refractivity contribution in [3.8, 4) is 0 Å². The summed E-state index contributed by atoms with van der Waals surface area (Å²) in [7, 11) is 1.77. The van der Waals surface area contributed by atoms with Crippen molar-refractivity contribution in [2.24, 2.45) is 0 Å². The van der Waals surface area contributed by atoms with Crippen LogP contribution in [0.25, 0.3) is 0 Å². The first kappa shape index (κ1) is 13.1. The highest BCUT2D eigenvalue weighted by atomic mass is 16.2. The molecule has 0 atom stereocenters. The minimum atomic E-state index is -0.139. The van der Waals surface area contributed by atoms with Crippen molar-refractivity contribution in [2.45, 2.75) is 13.3 Å². The molecule has 2 aromatic carbocycles. The zero-order chi connectivity index (χ0) is 13.7. The molecule has 2 aromatic rings. The van der Waals surface area contributed by atoms with Crippen LogP contribution in [0.3, 0.4) is 0 Å². The Kier molecular flexibility index (Phi) is 4.18. The van der Waals surface area contributed by atoms with Crippen LogP contribution < -0.4 is 10.2 Å². The van der Waals surface area contributed by atoms with Crippen molar-refractivity contribution in [1.82, 2.24) is 0 Å². The second-order valence-electron chi connectivity index (χ2n) is 4.38. The molecule has 2 amide bonds. The summed E-state index contributed by atoms with van der Waals surface area (Å²) in [6.45, 7) is 2.10. The van der Waals surface area contributed by atoms with Gasteiger partial charge in [-0.2, -0.15) is 0 Å². The molecule has 0 fully saturated rings. The van der Waals surface area contributed by atoms with Crippen molar-refractivity contribution in [3.63, 3.8) is 0 Å².